The van der Waals surface area contributed by atoms with E-state index in [2.05, 4.69) is 28.5 Å². The van der Waals surface area contributed by atoms with E-state index in [9.17, 15) is 9.59 Å². The Hall–Kier alpha value is -3.43. The highest BCUT2D eigenvalue weighted by Gasteiger charge is 2.39. The van der Waals surface area contributed by atoms with Crippen molar-refractivity contribution in [3.05, 3.63) is 82.6 Å². The maximum atomic E-state index is 12.7. The summed E-state index contributed by atoms with van der Waals surface area (Å²) >= 11 is 2.95. The summed E-state index contributed by atoms with van der Waals surface area (Å²) in [5.41, 5.74) is 2.74. The highest BCUT2D eigenvalue weighted by molar-refractivity contribution is 8.15. The number of amides is 2. The standard InChI is InChI=1S/C26H24N4O3S2/c1-2-33-19-12-10-18(11-13-19)27-24(31)16-23-25(32)28-26(35-23)30-21(17-7-4-3-5-8-17)15-20(29-30)22-9-6-14-34-22/h3-14,21,23H,2,15-16H2,1H3,(H,27,31)/t21-,23+/m0/s1. The van der Waals surface area contributed by atoms with Crippen molar-refractivity contribution in [3.63, 3.8) is 0 Å². The van der Waals surface area contributed by atoms with E-state index in [0.29, 0.717) is 17.5 Å². The average molecular weight is 505 g/mol. The number of rotatable bonds is 7. The highest BCUT2D eigenvalue weighted by atomic mass is 32.2. The van der Waals surface area contributed by atoms with Crippen LogP contribution in [0.4, 0.5) is 5.69 Å². The summed E-state index contributed by atoms with van der Waals surface area (Å²) in [5, 5.41) is 11.5. The van der Waals surface area contributed by atoms with Gasteiger partial charge in [0.05, 0.1) is 23.2 Å². The zero-order valence-electron chi connectivity index (χ0n) is 19.1. The molecule has 1 aromatic heterocycles. The quantitative estimate of drug-likeness (QED) is 0.471. The molecule has 9 heteroatoms. The molecule has 3 aromatic rings. The lowest BCUT2D eigenvalue weighted by Crippen LogP contribution is -2.25. The van der Waals surface area contributed by atoms with Gasteiger partial charge in [-0.05, 0) is 48.2 Å². The summed E-state index contributed by atoms with van der Waals surface area (Å²) in [6.07, 6.45) is 0.760. The number of nitrogens with zero attached hydrogens (tertiary/aromatic N) is 3. The Balaban J connectivity index is 1.28. The first kappa shape index (κ1) is 23.3. The summed E-state index contributed by atoms with van der Waals surface area (Å²) in [6.45, 7) is 2.50. The van der Waals surface area contributed by atoms with Gasteiger partial charge in [-0.2, -0.15) is 10.1 Å². The summed E-state index contributed by atoms with van der Waals surface area (Å²) in [4.78, 5) is 30.8. The first-order valence-electron chi connectivity index (χ1n) is 11.4. The Morgan fingerprint density at radius 3 is 2.63 bits per heavy atom. The molecule has 0 saturated carbocycles. The molecule has 1 N–H and O–H groups in total. The molecule has 0 unspecified atom stereocenters. The number of thiophene rings is 1. The molecule has 2 aliphatic rings. The van der Waals surface area contributed by atoms with Gasteiger partial charge in [0.15, 0.2) is 5.17 Å². The van der Waals surface area contributed by atoms with Crippen molar-refractivity contribution in [2.45, 2.75) is 31.1 Å². The topological polar surface area (TPSA) is 83.4 Å². The van der Waals surface area contributed by atoms with Gasteiger partial charge in [-0.15, -0.1) is 11.3 Å². The number of nitrogens with one attached hydrogen (secondary N) is 1. The summed E-state index contributed by atoms with van der Waals surface area (Å²) in [6, 6.07) is 21.3. The van der Waals surface area contributed by atoms with E-state index in [1.165, 1.54) is 11.8 Å². The lowest BCUT2D eigenvalue weighted by Gasteiger charge is -2.23. The molecular formula is C26H24N4O3S2. The fourth-order valence-electron chi connectivity index (χ4n) is 4.00. The van der Waals surface area contributed by atoms with Gasteiger partial charge in [0.1, 0.15) is 11.0 Å². The molecule has 2 aliphatic heterocycles. The third-order valence-electron chi connectivity index (χ3n) is 5.65. The number of benzene rings is 2. The Kier molecular flexibility index (Phi) is 6.96. The van der Waals surface area contributed by atoms with Gasteiger partial charge in [-0.3, -0.25) is 9.59 Å². The Morgan fingerprint density at radius 1 is 1.11 bits per heavy atom. The zero-order valence-corrected chi connectivity index (χ0v) is 20.7. The second-order valence-corrected chi connectivity index (χ2v) is 10.2. The number of carbonyl (C=O) groups excluding carboxylic acids is 2. The van der Waals surface area contributed by atoms with E-state index in [1.807, 2.05) is 41.6 Å². The minimum atomic E-state index is -0.579. The minimum absolute atomic E-state index is 0.0368. The number of hydrazone groups is 1. The molecule has 2 amide bonds. The van der Waals surface area contributed by atoms with Crippen molar-refractivity contribution in [1.29, 1.82) is 0 Å². The molecular weight excluding hydrogens is 480 g/mol. The minimum Gasteiger partial charge on any atom is -0.494 e. The number of carbonyl (C=O) groups is 2. The van der Waals surface area contributed by atoms with Crippen LogP contribution in [0.3, 0.4) is 0 Å². The zero-order chi connectivity index (χ0) is 24.2. The van der Waals surface area contributed by atoms with Crippen LogP contribution in [0.15, 0.2) is 82.2 Å². The molecule has 3 heterocycles. The van der Waals surface area contributed by atoms with Crippen LogP contribution < -0.4 is 10.1 Å². The fraction of sp³-hybridized carbons (Fsp3) is 0.231. The number of hydrogen-bond acceptors (Lipinski definition) is 7. The summed E-state index contributed by atoms with van der Waals surface area (Å²) in [5.74, 6) is 0.199. The van der Waals surface area contributed by atoms with Crippen LogP contribution >= 0.6 is 23.1 Å². The second-order valence-electron chi connectivity index (χ2n) is 8.05. The Morgan fingerprint density at radius 2 is 1.91 bits per heavy atom. The molecule has 2 atom stereocenters. The molecule has 5 rings (SSSR count). The number of ether oxygens (including phenoxy) is 1. The SMILES string of the molecule is CCOc1ccc(NC(=O)C[C@H]2SC(N3N=C(c4cccs4)C[C@H]3c3ccccc3)=NC2=O)cc1. The number of amidine groups is 1. The summed E-state index contributed by atoms with van der Waals surface area (Å²) in [7, 11) is 0. The van der Waals surface area contributed by atoms with Crippen LogP contribution in [-0.4, -0.2) is 39.6 Å². The monoisotopic (exact) mass is 504 g/mol. The smallest absolute Gasteiger partial charge is 0.262 e. The number of hydrogen-bond donors (Lipinski definition) is 1. The maximum Gasteiger partial charge on any atom is 0.262 e. The van der Waals surface area contributed by atoms with Crippen LogP contribution in [0.5, 0.6) is 5.75 Å². The van der Waals surface area contributed by atoms with Crippen LogP contribution in [0.1, 0.15) is 36.2 Å². The van der Waals surface area contributed by atoms with E-state index in [0.717, 1.165) is 28.3 Å². The molecule has 0 radical (unpaired) electrons. The van der Waals surface area contributed by atoms with Gasteiger partial charge in [0.25, 0.3) is 5.91 Å². The van der Waals surface area contributed by atoms with Crippen LogP contribution in [0, 0.1) is 0 Å². The first-order chi connectivity index (χ1) is 17.1. The molecule has 0 spiro atoms. The normalized spacial score (nSPS) is 19.5. The third kappa shape index (κ3) is 5.31. The van der Waals surface area contributed by atoms with Gasteiger partial charge in [0.2, 0.25) is 5.91 Å². The molecule has 35 heavy (non-hydrogen) atoms. The van der Waals surface area contributed by atoms with Crippen LogP contribution in [-0.2, 0) is 9.59 Å². The Bertz CT molecular complexity index is 1260. The van der Waals surface area contributed by atoms with Crippen LogP contribution in [0.25, 0.3) is 0 Å². The van der Waals surface area contributed by atoms with Crippen LogP contribution in [0.2, 0.25) is 0 Å². The number of thioether (sulfide) groups is 1. The molecule has 0 aliphatic carbocycles. The lowest BCUT2D eigenvalue weighted by molar-refractivity contribution is -0.121. The van der Waals surface area contributed by atoms with Crippen molar-refractivity contribution in [2.24, 2.45) is 10.1 Å². The maximum absolute atomic E-state index is 12.7. The van der Waals surface area contributed by atoms with Gasteiger partial charge >= 0.3 is 0 Å². The fourth-order valence-corrected chi connectivity index (χ4v) is 5.78. The second kappa shape index (κ2) is 10.5. The van der Waals surface area contributed by atoms with E-state index in [4.69, 9.17) is 9.84 Å². The van der Waals surface area contributed by atoms with Gasteiger partial charge < -0.3 is 10.1 Å². The molecule has 178 valence electrons. The molecule has 0 saturated heterocycles. The molecule has 2 aromatic carbocycles. The van der Waals surface area contributed by atoms with Gasteiger partial charge in [-0.1, -0.05) is 48.2 Å². The van der Waals surface area contributed by atoms with Gasteiger partial charge in [0, 0.05) is 18.5 Å². The lowest BCUT2D eigenvalue weighted by atomic mass is 10.0. The molecule has 0 bridgehead atoms. The number of aliphatic imine (C=N–C) groups is 1. The predicted molar refractivity (Wildman–Crippen MR) is 141 cm³/mol. The van der Waals surface area contributed by atoms with E-state index in [1.54, 1.807) is 35.6 Å². The van der Waals surface area contributed by atoms with Crippen molar-refractivity contribution in [1.82, 2.24) is 5.01 Å². The predicted octanol–water partition coefficient (Wildman–Crippen LogP) is 5.32. The average Bonchev–Trinajstić information content (AvgIpc) is 3.61. The summed E-state index contributed by atoms with van der Waals surface area (Å²) < 4.78 is 5.43. The van der Waals surface area contributed by atoms with Gasteiger partial charge in [-0.25, -0.2) is 5.01 Å². The van der Waals surface area contributed by atoms with Crippen molar-refractivity contribution in [2.75, 3.05) is 11.9 Å². The van der Waals surface area contributed by atoms with Crippen molar-refractivity contribution in [3.8, 4) is 5.75 Å². The number of anilines is 1. The van der Waals surface area contributed by atoms with E-state index < -0.39 is 5.25 Å². The largest absolute Gasteiger partial charge is 0.494 e. The molecule has 0 fully saturated rings. The van der Waals surface area contributed by atoms with E-state index >= 15 is 0 Å². The van der Waals surface area contributed by atoms with Crippen molar-refractivity contribution < 1.29 is 14.3 Å². The third-order valence-corrected chi connectivity index (χ3v) is 7.71. The first-order valence-corrected chi connectivity index (χ1v) is 13.1. The molecule has 7 nitrogen and oxygen atoms in total. The highest BCUT2D eigenvalue weighted by Crippen LogP contribution is 2.39. The van der Waals surface area contributed by atoms with Crippen molar-refractivity contribution >= 4 is 51.5 Å². The Labute approximate surface area is 211 Å². The van der Waals surface area contributed by atoms with E-state index in [-0.39, 0.29) is 24.3 Å².